The molecule has 0 aliphatic heterocycles. The van der Waals surface area contributed by atoms with Gasteiger partial charge in [-0.3, -0.25) is 0 Å². The maximum atomic E-state index is 4.76. The van der Waals surface area contributed by atoms with Crippen LogP contribution in [0.1, 0.15) is 49.5 Å². The molecular formula is C12H16BrN3. The van der Waals surface area contributed by atoms with E-state index in [-0.39, 0.29) is 0 Å². The maximum absolute atomic E-state index is 4.76. The number of hydrogen-bond donors (Lipinski definition) is 1. The fraction of sp³-hybridized carbons (Fsp3) is 0.667. The Morgan fingerprint density at radius 3 is 2.50 bits per heavy atom. The van der Waals surface area contributed by atoms with Crippen molar-refractivity contribution in [2.75, 3.05) is 12.4 Å². The van der Waals surface area contributed by atoms with E-state index >= 15 is 0 Å². The van der Waals surface area contributed by atoms with Crippen LogP contribution in [0, 0.1) is 5.92 Å². The van der Waals surface area contributed by atoms with Gasteiger partial charge in [0.15, 0.2) is 0 Å². The van der Waals surface area contributed by atoms with Gasteiger partial charge in [-0.15, -0.1) is 0 Å². The van der Waals surface area contributed by atoms with Gasteiger partial charge in [0.25, 0.3) is 0 Å². The van der Waals surface area contributed by atoms with E-state index in [4.69, 9.17) is 4.98 Å². The lowest BCUT2D eigenvalue weighted by Crippen LogP contribution is -2.04. The first-order valence-corrected chi connectivity index (χ1v) is 6.75. The van der Waals surface area contributed by atoms with E-state index in [0.29, 0.717) is 11.8 Å². The second kappa shape index (κ2) is 3.69. The van der Waals surface area contributed by atoms with Crippen molar-refractivity contribution in [3.05, 3.63) is 16.0 Å². The Morgan fingerprint density at radius 2 is 2.00 bits per heavy atom. The van der Waals surface area contributed by atoms with Gasteiger partial charge in [-0.1, -0.05) is 6.92 Å². The molecule has 2 aliphatic carbocycles. The minimum absolute atomic E-state index is 0.595. The van der Waals surface area contributed by atoms with Gasteiger partial charge < -0.3 is 5.32 Å². The van der Waals surface area contributed by atoms with Crippen LogP contribution in [0.3, 0.4) is 0 Å². The van der Waals surface area contributed by atoms with Crippen LogP contribution in [0.15, 0.2) is 4.47 Å². The Kier molecular flexibility index (Phi) is 2.42. The molecule has 16 heavy (non-hydrogen) atoms. The summed E-state index contributed by atoms with van der Waals surface area (Å²) in [4.78, 5) is 9.36. The molecule has 2 aliphatic rings. The summed E-state index contributed by atoms with van der Waals surface area (Å²) in [5.74, 6) is 4.01. The molecule has 0 spiro atoms. The van der Waals surface area contributed by atoms with Crippen molar-refractivity contribution >= 4 is 21.7 Å². The predicted molar refractivity (Wildman–Crippen MR) is 67.8 cm³/mol. The lowest BCUT2D eigenvalue weighted by molar-refractivity contribution is 0.816. The molecule has 2 fully saturated rings. The lowest BCUT2D eigenvalue weighted by atomic mass is 10.2. The molecule has 4 heteroatoms. The fourth-order valence-electron chi connectivity index (χ4n) is 2.12. The highest BCUT2D eigenvalue weighted by molar-refractivity contribution is 9.10. The van der Waals surface area contributed by atoms with Crippen LogP contribution in [-0.4, -0.2) is 17.0 Å². The van der Waals surface area contributed by atoms with E-state index in [0.717, 1.165) is 22.0 Å². The van der Waals surface area contributed by atoms with Gasteiger partial charge >= 0.3 is 0 Å². The minimum atomic E-state index is 0.595. The zero-order valence-electron chi connectivity index (χ0n) is 9.63. The average molecular weight is 282 g/mol. The third-order valence-electron chi connectivity index (χ3n) is 3.54. The number of aromatic nitrogens is 2. The third kappa shape index (κ3) is 1.73. The second-order valence-electron chi connectivity index (χ2n) is 4.97. The normalized spacial score (nSPS) is 27.9. The summed E-state index contributed by atoms with van der Waals surface area (Å²) in [5, 5.41) is 3.16. The number of nitrogens with zero attached hydrogens (tertiary/aromatic N) is 2. The largest absolute Gasteiger partial charge is 0.372 e. The van der Waals surface area contributed by atoms with Gasteiger partial charge in [-0.2, -0.15) is 0 Å². The van der Waals surface area contributed by atoms with E-state index in [1.807, 2.05) is 7.05 Å². The average Bonchev–Trinajstić information content (AvgIpc) is 3.14. The summed E-state index contributed by atoms with van der Waals surface area (Å²) in [5.41, 5.74) is 1.22. The molecule has 3 nitrogen and oxygen atoms in total. The van der Waals surface area contributed by atoms with E-state index in [1.165, 1.54) is 25.0 Å². The van der Waals surface area contributed by atoms with Crippen LogP contribution >= 0.6 is 15.9 Å². The molecule has 0 bridgehead atoms. The number of hydrogen-bond acceptors (Lipinski definition) is 3. The van der Waals surface area contributed by atoms with E-state index < -0.39 is 0 Å². The fourth-order valence-corrected chi connectivity index (χ4v) is 2.82. The molecule has 2 atom stereocenters. The smallest absolute Gasteiger partial charge is 0.144 e. The Balaban J connectivity index is 2.02. The highest BCUT2D eigenvalue weighted by Gasteiger charge is 2.38. The van der Waals surface area contributed by atoms with Crippen molar-refractivity contribution in [1.29, 1.82) is 0 Å². The number of nitrogens with one attached hydrogen (secondary N) is 1. The van der Waals surface area contributed by atoms with E-state index in [1.54, 1.807) is 0 Å². The van der Waals surface area contributed by atoms with Crippen LogP contribution in [0.25, 0.3) is 0 Å². The van der Waals surface area contributed by atoms with Crippen molar-refractivity contribution in [3.63, 3.8) is 0 Å². The first-order chi connectivity index (χ1) is 7.70. The quantitative estimate of drug-likeness (QED) is 0.924. The van der Waals surface area contributed by atoms with Gasteiger partial charge in [0.05, 0.1) is 10.2 Å². The van der Waals surface area contributed by atoms with Crippen molar-refractivity contribution in [2.24, 2.45) is 5.92 Å². The van der Waals surface area contributed by atoms with Crippen molar-refractivity contribution in [2.45, 2.75) is 38.0 Å². The standard InChI is InChI=1S/C12H16BrN3/c1-6-5-8(6)11-15-10(7-3-4-7)9(13)12(14-2)16-11/h6-8H,3-5H2,1-2H3,(H,14,15,16). The topological polar surface area (TPSA) is 37.8 Å². The Morgan fingerprint density at radius 1 is 1.31 bits per heavy atom. The highest BCUT2D eigenvalue weighted by atomic mass is 79.9. The van der Waals surface area contributed by atoms with Crippen LogP contribution in [0.4, 0.5) is 5.82 Å². The van der Waals surface area contributed by atoms with E-state index in [2.05, 4.69) is 33.2 Å². The lowest BCUT2D eigenvalue weighted by Gasteiger charge is -2.10. The third-order valence-corrected chi connectivity index (χ3v) is 4.32. The summed E-state index contributed by atoms with van der Waals surface area (Å²) in [6.45, 7) is 2.27. The zero-order valence-corrected chi connectivity index (χ0v) is 11.2. The molecule has 0 aromatic carbocycles. The number of anilines is 1. The summed E-state index contributed by atoms with van der Waals surface area (Å²) < 4.78 is 1.06. The zero-order chi connectivity index (χ0) is 11.3. The SMILES string of the molecule is CNc1nc(C2CC2C)nc(C2CC2)c1Br. The Hall–Kier alpha value is -0.640. The molecule has 1 aromatic rings. The molecule has 1 N–H and O–H groups in total. The minimum Gasteiger partial charge on any atom is -0.372 e. The van der Waals surface area contributed by atoms with Crippen LogP contribution in [-0.2, 0) is 0 Å². The molecule has 1 aromatic heterocycles. The summed E-state index contributed by atoms with van der Waals surface area (Å²) in [7, 11) is 1.92. The number of halogens is 1. The predicted octanol–water partition coefficient (Wildman–Crippen LogP) is 3.28. The Bertz CT molecular complexity index is 429. The van der Waals surface area contributed by atoms with Crippen molar-refractivity contribution in [1.82, 2.24) is 9.97 Å². The van der Waals surface area contributed by atoms with E-state index in [9.17, 15) is 0 Å². The molecule has 1 heterocycles. The van der Waals surface area contributed by atoms with Gasteiger partial charge in [-0.05, 0) is 41.1 Å². The van der Waals surface area contributed by atoms with Crippen LogP contribution in [0.2, 0.25) is 0 Å². The summed E-state index contributed by atoms with van der Waals surface area (Å²) >= 11 is 3.61. The van der Waals surface area contributed by atoms with Gasteiger partial charge in [0.2, 0.25) is 0 Å². The number of rotatable bonds is 3. The Labute approximate surface area is 104 Å². The summed E-state index contributed by atoms with van der Waals surface area (Å²) in [6.07, 6.45) is 3.80. The van der Waals surface area contributed by atoms with Gasteiger partial charge in [0, 0.05) is 18.9 Å². The second-order valence-corrected chi connectivity index (χ2v) is 5.77. The summed E-state index contributed by atoms with van der Waals surface area (Å²) in [6, 6.07) is 0. The molecular weight excluding hydrogens is 266 g/mol. The van der Waals surface area contributed by atoms with Gasteiger partial charge in [0.1, 0.15) is 11.6 Å². The van der Waals surface area contributed by atoms with Crippen molar-refractivity contribution < 1.29 is 0 Å². The van der Waals surface area contributed by atoms with Gasteiger partial charge in [-0.25, -0.2) is 9.97 Å². The molecule has 3 rings (SSSR count). The molecule has 86 valence electrons. The van der Waals surface area contributed by atoms with Crippen molar-refractivity contribution in [3.8, 4) is 0 Å². The van der Waals surface area contributed by atoms with Crippen LogP contribution in [0.5, 0.6) is 0 Å². The molecule has 0 saturated heterocycles. The first kappa shape index (κ1) is 10.5. The molecule has 2 unspecified atom stereocenters. The van der Waals surface area contributed by atoms with Crippen LogP contribution < -0.4 is 5.32 Å². The molecule has 0 radical (unpaired) electrons. The first-order valence-electron chi connectivity index (χ1n) is 5.95. The monoisotopic (exact) mass is 281 g/mol. The molecule has 2 saturated carbocycles. The highest BCUT2D eigenvalue weighted by Crippen LogP contribution is 2.49. The maximum Gasteiger partial charge on any atom is 0.144 e. The molecule has 0 amide bonds.